The molecule has 0 fully saturated rings. The summed E-state index contributed by atoms with van der Waals surface area (Å²) in [5, 5.41) is 3.36. The van der Waals surface area contributed by atoms with Gasteiger partial charge in [0.1, 0.15) is 22.2 Å². The number of para-hydroxylation sites is 3. The molecule has 1 heterocycles. The number of hydrogen-bond donors (Lipinski definition) is 1. The van der Waals surface area contributed by atoms with Crippen LogP contribution >= 0.6 is 23.4 Å². The van der Waals surface area contributed by atoms with E-state index in [4.69, 9.17) is 16.3 Å². The van der Waals surface area contributed by atoms with Crippen molar-refractivity contribution in [3.05, 3.63) is 94.2 Å². The van der Waals surface area contributed by atoms with Gasteiger partial charge in [-0.1, -0.05) is 47.6 Å². The zero-order valence-electron chi connectivity index (χ0n) is 16.3. The first-order valence-electron chi connectivity index (χ1n) is 9.20. The number of methoxy groups -OCH3 is 1. The van der Waals surface area contributed by atoms with E-state index in [9.17, 15) is 14.0 Å². The van der Waals surface area contributed by atoms with Crippen LogP contribution in [0.5, 0.6) is 5.75 Å². The Bertz CT molecular complexity index is 1200. The lowest BCUT2D eigenvalue weighted by atomic mass is 10.2. The number of halogens is 2. The van der Waals surface area contributed by atoms with E-state index in [1.54, 1.807) is 60.7 Å². The van der Waals surface area contributed by atoms with Crippen LogP contribution in [-0.4, -0.2) is 18.9 Å². The summed E-state index contributed by atoms with van der Waals surface area (Å²) in [6, 6.07) is 19.5. The number of amides is 2. The van der Waals surface area contributed by atoms with Gasteiger partial charge < -0.3 is 10.1 Å². The summed E-state index contributed by atoms with van der Waals surface area (Å²) in [5.74, 6) is -1.31. The van der Waals surface area contributed by atoms with E-state index in [0.29, 0.717) is 21.4 Å². The number of hydrogen-bond acceptors (Lipinski definition) is 5. The summed E-state index contributed by atoms with van der Waals surface area (Å²) >= 11 is 7.05. The summed E-state index contributed by atoms with van der Waals surface area (Å²) in [7, 11) is 1.46. The molecule has 2 amide bonds. The first-order chi connectivity index (χ1) is 15.0. The van der Waals surface area contributed by atoms with Gasteiger partial charge in [-0.05, 0) is 48.5 Å². The molecule has 5 nitrogen and oxygen atoms in total. The van der Waals surface area contributed by atoms with Crippen molar-refractivity contribution in [1.29, 1.82) is 0 Å². The molecule has 0 atom stereocenters. The molecular formula is C23H16ClFN2O3S. The van der Waals surface area contributed by atoms with E-state index in [2.05, 4.69) is 5.32 Å². The zero-order chi connectivity index (χ0) is 22.0. The van der Waals surface area contributed by atoms with Crippen LogP contribution in [0.2, 0.25) is 5.02 Å². The van der Waals surface area contributed by atoms with E-state index >= 15 is 0 Å². The molecule has 0 radical (unpaired) electrons. The highest BCUT2D eigenvalue weighted by Gasteiger charge is 2.41. The highest BCUT2D eigenvalue weighted by molar-refractivity contribution is 8.04. The van der Waals surface area contributed by atoms with Crippen molar-refractivity contribution >= 4 is 46.6 Å². The van der Waals surface area contributed by atoms with E-state index < -0.39 is 17.6 Å². The van der Waals surface area contributed by atoms with Crippen LogP contribution in [0.1, 0.15) is 0 Å². The van der Waals surface area contributed by atoms with Crippen LogP contribution in [0.15, 0.2) is 88.3 Å². The normalized spacial score (nSPS) is 13.7. The molecule has 1 aliphatic heterocycles. The third-order valence-corrected chi connectivity index (χ3v) is 5.88. The number of thioether (sulfide) groups is 1. The molecule has 1 N–H and O–H groups in total. The fraction of sp³-hybridized carbons (Fsp3) is 0.0435. The number of anilines is 2. The number of nitrogens with one attached hydrogen (secondary N) is 1. The van der Waals surface area contributed by atoms with Gasteiger partial charge in [-0.3, -0.25) is 9.59 Å². The van der Waals surface area contributed by atoms with Crippen LogP contribution < -0.4 is 15.0 Å². The molecule has 8 heteroatoms. The minimum atomic E-state index is -0.603. The number of carbonyl (C=O) groups is 2. The molecule has 4 rings (SSSR count). The molecule has 0 spiro atoms. The van der Waals surface area contributed by atoms with Crippen molar-refractivity contribution in [2.45, 2.75) is 4.90 Å². The molecule has 31 heavy (non-hydrogen) atoms. The van der Waals surface area contributed by atoms with Gasteiger partial charge in [-0.25, -0.2) is 9.29 Å². The molecule has 3 aromatic carbocycles. The molecule has 0 saturated carbocycles. The lowest BCUT2D eigenvalue weighted by Crippen LogP contribution is -2.32. The molecule has 0 aromatic heterocycles. The second kappa shape index (κ2) is 8.83. The number of ether oxygens (including phenoxy) is 1. The lowest BCUT2D eigenvalue weighted by Gasteiger charge is -2.18. The summed E-state index contributed by atoms with van der Waals surface area (Å²) < 4.78 is 19.6. The average Bonchev–Trinajstić information content (AvgIpc) is 3.00. The molecule has 0 aliphatic carbocycles. The first-order valence-corrected chi connectivity index (χ1v) is 10.4. The summed E-state index contributed by atoms with van der Waals surface area (Å²) in [4.78, 5) is 28.6. The van der Waals surface area contributed by atoms with Gasteiger partial charge in [0, 0.05) is 9.92 Å². The Morgan fingerprint density at radius 3 is 2.32 bits per heavy atom. The molecule has 0 saturated heterocycles. The van der Waals surface area contributed by atoms with Gasteiger partial charge in [-0.15, -0.1) is 0 Å². The topological polar surface area (TPSA) is 58.6 Å². The summed E-state index contributed by atoms with van der Waals surface area (Å²) in [6.07, 6.45) is 0. The van der Waals surface area contributed by atoms with Gasteiger partial charge >= 0.3 is 0 Å². The fourth-order valence-electron chi connectivity index (χ4n) is 3.07. The number of benzene rings is 3. The third-order valence-electron chi connectivity index (χ3n) is 4.53. The van der Waals surface area contributed by atoms with Gasteiger partial charge in [0.05, 0.1) is 18.5 Å². The molecular weight excluding hydrogens is 439 g/mol. The molecule has 0 bridgehead atoms. The zero-order valence-corrected chi connectivity index (χ0v) is 17.8. The standard InChI is InChI=1S/C23H16ClFN2O3S/c1-30-19-9-5-4-8-18(19)27-22(28)20(26-17-7-3-2-6-16(17)25)21(23(27)29)31-15-12-10-14(24)11-13-15/h2-13,26H,1H3. The van der Waals surface area contributed by atoms with Crippen molar-refractivity contribution in [3.8, 4) is 5.75 Å². The Morgan fingerprint density at radius 1 is 0.935 bits per heavy atom. The minimum absolute atomic E-state index is 0.0130. The fourth-order valence-corrected chi connectivity index (χ4v) is 4.12. The van der Waals surface area contributed by atoms with Gasteiger partial charge in [-0.2, -0.15) is 0 Å². The van der Waals surface area contributed by atoms with Crippen molar-refractivity contribution < 1.29 is 18.7 Å². The quantitative estimate of drug-likeness (QED) is 0.500. The Morgan fingerprint density at radius 2 is 1.61 bits per heavy atom. The van der Waals surface area contributed by atoms with Crippen molar-refractivity contribution in [1.82, 2.24) is 0 Å². The monoisotopic (exact) mass is 454 g/mol. The van der Waals surface area contributed by atoms with Crippen LogP contribution in [0.25, 0.3) is 0 Å². The molecule has 0 unspecified atom stereocenters. The van der Waals surface area contributed by atoms with Crippen LogP contribution in [0.4, 0.5) is 15.8 Å². The lowest BCUT2D eigenvalue weighted by molar-refractivity contribution is -0.120. The second-order valence-electron chi connectivity index (χ2n) is 6.48. The molecule has 1 aliphatic rings. The maximum Gasteiger partial charge on any atom is 0.283 e. The number of rotatable bonds is 6. The Balaban J connectivity index is 1.78. The second-order valence-corrected chi connectivity index (χ2v) is 8.00. The Kier molecular flexibility index (Phi) is 5.97. The number of imide groups is 1. The van der Waals surface area contributed by atoms with Gasteiger partial charge in [0.25, 0.3) is 11.8 Å². The van der Waals surface area contributed by atoms with E-state index in [0.717, 1.165) is 16.7 Å². The Hall–Kier alpha value is -3.29. The maximum atomic E-state index is 14.3. The maximum absolute atomic E-state index is 14.3. The van der Waals surface area contributed by atoms with E-state index in [1.807, 2.05) is 0 Å². The van der Waals surface area contributed by atoms with Gasteiger partial charge in [0.15, 0.2) is 0 Å². The van der Waals surface area contributed by atoms with Crippen LogP contribution in [-0.2, 0) is 9.59 Å². The largest absolute Gasteiger partial charge is 0.495 e. The number of nitrogens with zero attached hydrogens (tertiary/aromatic N) is 1. The summed E-state index contributed by atoms with van der Waals surface area (Å²) in [5.41, 5.74) is 0.384. The van der Waals surface area contributed by atoms with Crippen LogP contribution in [0.3, 0.4) is 0 Å². The Labute approximate surface area is 187 Å². The first kappa shape index (κ1) is 21.0. The van der Waals surface area contributed by atoms with Crippen LogP contribution in [0, 0.1) is 5.82 Å². The smallest absolute Gasteiger partial charge is 0.283 e. The van der Waals surface area contributed by atoms with E-state index in [-0.39, 0.29) is 16.3 Å². The van der Waals surface area contributed by atoms with Crippen molar-refractivity contribution in [2.75, 3.05) is 17.3 Å². The molecule has 156 valence electrons. The average molecular weight is 455 g/mol. The third kappa shape index (κ3) is 4.15. The summed E-state index contributed by atoms with van der Waals surface area (Å²) in [6.45, 7) is 0. The van der Waals surface area contributed by atoms with Crippen molar-refractivity contribution in [2.24, 2.45) is 0 Å². The van der Waals surface area contributed by atoms with Crippen molar-refractivity contribution in [3.63, 3.8) is 0 Å². The number of carbonyl (C=O) groups excluding carboxylic acids is 2. The minimum Gasteiger partial charge on any atom is -0.495 e. The van der Waals surface area contributed by atoms with E-state index in [1.165, 1.54) is 19.2 Å². The SMILES string of the molecule is COc1ccccc1N1C(=O)C(Nc2ccccc2F)=C(Sc2ccc(Cl)cc2)C1=O. The highest BCUT2D eigenvalue weighted by atomic mass is 35.5. The predicted molar refractivity (Wildman–Crippen MR) is 120 cm³/mol. The highest BCUT2D eigenvalue weighted by Crippen LogP contribution is 2.40. The molecule has 3 aromatic rings. The predicted octanol–water partition coefficient (Wildman–Crippen LogP) is 5.48. The van der Waals surface area contributed by atoms with Gasteiger partial charge in [0.2, 0.25) is 0 Å².